The molecule has 0 amide bonds. The predicted molar refractivity (Wildman–Crippen MR) is 505 cm³/mol. The second-order valence-electron chi connectivity index (χ2n) is 32.6. The summed E-state index contributed by atoms with van der Waals surface area (Å²) < 4.78 is 6.97. The first kappa shape index (κ1) is 74.5. The Morgan fingerprint density at radius 3 is 1.10 bits per heavy atom. The highest BCUT2D eigenvalue weighted by Gasteiger charge is 2.61. The average molecular weight is 1590 g/mol. The second-order valence-corrected chi connectivity index (χ2v) is 32.6. The third-order valence-electron chi connectivity index (χ3n) is 25.7. The van der Waals surface area contributed by atoms with Crippen molar-refractivity contribution in [2.45, 2.75) is 43.9 Å². The van der Waals surface area contributed by atoms with Crippen LogP contribution < -0.4 is 9.80 Å². The van der Waals surface area contributed by atoms with Gasteiger partial charge in [0.1, 0.15) is 11.2 Å². The van der Waals surface area contributed by atoms with Crippen LogP contribution in [0, 0.1) is 20.8 Å². The molecule has 3 aliphatic rings. The van der Waals surface area contributed by atoms with Crippen molar-refractivity contribution in [1.29, 1.82) is 0 Å². The summed E-state index contributed by atoms with van der Waals surface area (Å²) in [5.74, 6) is 3.83. The van der Waals surface area contributed by atoms with Gasteiger partial charge in [-0.05, 0) is 178 Å². The van der Waals surface area contributed by atoms with Crippen LogP contribution in [-0.2, 0) is 16.2 Å². The number of furan rings is 1. The third-order valence-corrected chi connectivity index (χ3v) is 25.7. The minimum atomic E-state index is -0.768. The largest absolute Gasteiger partial charge is 0.456 e. The molecule has 0 spiro atoms. The molecule has 0 N–H and O–H groups in total. The summed E-state index contributed by atoms with van der Waals surface area (Å²) in [7, 11) is 0. The molecule has 9 heteroatoms. The molecule has 1 unspecified atom stereocenters. The molecule has 0 bridgehead atoms. The Bertz CT molecular complexity index is 7250. The minimum Gasteiger partial charge on any atom is -0.456 e. The van der Waals surface area contributed by atoms with Gasteiger partial charge in [0.05, 0.1) is 39.3 Å². The SMILES string of the molecule is CC1(C2(c3ccccc3)c3ccccc3N(c3ccc(-c4nc(-c5ccccc5)nc(-c5ccccc5)n4)cc3)c3ccccc32)c2ccccc2-c2ccccc21.Cc1ccccc1-c1ccc2c(c1)N(c1c(C)cc(-c3nc(-c4ccccc4)nc(-c4ccccc4)n3)cc1C)c1ccccc1C2(c1ccccc1)c1cccc2c1oc1ccccc12. The number of nitrogens with zero attached hydrogens (tertiary/aromatic N) is 8. The van der Waals surface area contributed by atoms with Crippen LogP contribution in [0.15, 0.2) is 429 Å². The van der Waals surface area contributed by atoms with Crippen molar-refractivity contribution in [3.8, 4) is 90.6 Å². The number of anilines is 6. The number of fused-ring (bicyclic) bond motifs is 10. The van der Waals surface area contributed by atoms with Gasteiger partial charge in [0.2, 0.25) is 0 Å². The van der Waals surface area contributed by atoms with E-state index in [9.17, 15) is 0 Å². The van der Waals surface area contributed by atoms with E-state index in [1.807, 2.05) is 121 Å². The predicted octanol–water partition coefficient (Wildman–Crippen LogP) is 28.5. The number of aromatic nitrogens is 6. The van der Waals surface area contributed by atoms with Gasteiger partial charge in [-0.15, -0.1) is 0 Å². The first-order chi connectivity index (χ1) is 61.1. The molecule has 9 nitrogen and oxygen atoms in total. The van der Waals surface area contributed by atoms with Gasteiger partial charge >= 0.3 is 0 Å². The lowest BCUT2D eigenvalue weighted by molar-refractivity contribution is 0.395. The van der Waals surface area contributed by atoms with E-state index in [0.29, 0.717) is 34.9 Å². The van der Waals surface area contributed by atoms with Gasteiger partial charge in [-0.25, -0.2) is 29.9 Å². The Morgan fingerprint density at radius 2 is 0.605 bits per heavy atom. The summed E-state index contributed by atoms with van der Waals surface area (Å²) in [5.41, 5.74) is 31.7. The maximum Gasteiger partial charge on any atom is 0.164 e. The Hall–Kier alpha value is -15.8. The molecule has 1 atom stereocenters. The first-order valence-corrected chi connectivity index (χ1v) is 42.4. The van der Waals surface area contributed by atoms with Crippen LogP contribution in [0.2, 0.25) is 0 Å². The van der Waals surface area contributed by atoms with E-state index >= 15 is 0 Å². The van der Waals surface area contributed by atoms with Crippen molar-refractivity contribution in [2.75, 3.05) is 9.80 Å². The molecule has 588 valence electrons. The molecule has 5 heterocycles. The molecule has 20 aromatic rings. The lowest BCUT2D eigenvalue weighted by Gasteiger charge is -2.54. The van der Waals surface area contributed by atoms with Gasteiger partial charge in [-0.2, -0.15) is 0 Å². The molecular weight excluding hydrogens is 1510 g/mol. The highest BCUT2D eigenvalue weighted by atomic mass is 16.3. The highest BCUT2D eigenvalue weighted by Crippen LogP contribution is 2.68. The summed E-state index contributed by atoms with van der Waals surface area (Å²) in [4.78, 5) is 35.1. The highest BCUT2D eigenvalue weighted by molar-refractivity contribution is 6.08. The fourth-order valence-corrected chi connectivity index (χ4v) is 20.4. The van der Waals surface area contributed by atoms with Crippen molar-refractivity contribution in [3.05, 3.63) is 491 Å². The van der Waals surface area contributed by atoms with Crippen LogP contribution in [0.5, 0.6) is 0 Å². The molecule has 0 saturated heterocycles. The van der Waals surface area contributed by atoms with Gasteiger partial charge in [0.15, 0.2) is 34.9 Å². The van der Waals surface area contributed by atoms with Crippen molar-refractivity contribution in [1.82, 2.24) is 29.9 Å². The molecular formula is C115H82N8O. The van der Waals surface area contributed by atoms with E-state index in [0.717, 1.165) is 123 Å². The summed E-state index contributed by atoms with van der Waals surface area (Å²) in [6.45, 7) is 9.10. The molecule has 3 aromatic heterocycles. The van der Waals surface area contributed by atoms with Gasteiger partial charge in [-0.1, -0.05) is 358 Å². The number of aryl methyl sites for hydroxylation is 3. The van der Waals surface area contributed by atoms with Gasteiger partial charge in [0.25, 0.3) is 0 Å². The Morgan fingerprint density at radius 1 is 0.242 bits per heavy atom. The quantitative estimate of drug-likeness (QED) is 0.112. The fraction of sp³-hybridized carbons (Fsp3) is 0.0609. The lowest BCUT2D eigenvalue weighted by atomic mass is 9.50. The average Bonchev–Trinajstić information content (AvgIpc) is 1.40. The molecule has 0 radical (unpaired) electrons. The molecule has 17 aromatic carbocycles. The van der Waals surface area contributed by atoms with Gasteiger partial charge in [0, 0.05) is 60.8 Å². The van der Waals surface area contributed by atoms with Crippen LogP contribution in [0.3, 0.4) is 0 Å². The van der Waals surface area contributed by atoms with E-state index in [1.165, 1.54) is 55.6 Å². The number of benzene rings is 17. The maximum absolute atomic E-state index is 6.97. The monoisotopic (exact) mass is 1590 g/mol. The van der Waals surface area contributed by atoms with Crippen molar-refractivity contribution < 1.29 is 4.42 Å². The zero-order valence-corrected chi connectivity index (χ0v) is 68.9. The number of para-hydroxylation sites is 5. The van der Waals surface area contributed by atoms with Crippen molar-refractivity contribution in [2.24, 2.45) is 0 Å². The van der Waals surface area contributed by atoms with E-state index in [2.05, 4.69) is 341 Å². The Balaban J connectivity index is 0.000000149. The maximum atomic E-state index is 6.97. The smallest absolute Gasteiger partial charge is 0.164 e. The van der Waals surface area contributed by atoms with Crippen LogP contribution in [0.25, 0.3) is 113 Å². The van der Waals surface area contributed by atoms with Crippen LogP contribution in [-0.4, -0.2) is 29.9 Å². The second kappa shape index (κ2) is 30.4. The molecule has 1 aliphatic carbocycles. The lowest BCUT2D eigenvalue weighted by Crippen LogP contribution is -2.51. The van der Waals surface area contributed by atoms with Crippen LogP contribution >= 0.6 is 0 Å². The van der Waals surface area contributed by atoms with Crippen LogP contribution in [0.1, 0.15) is 73.7 Å². The minimum absolute atomic E-state index is 0.463. The van der Waals surface area contributed by atoms with E-state index in [4.69, 9.17) is 34.3 Å². The third kappa shape index (κ3) is 12.0. The standard InChI is InChI=1S/C61H44N4O.C54H38N4/c1-39-20-13-14-27-47(39)44-34-35-51-54(38-44)65(56-40(2)36-45(37-41(56)3)60-63-58(42-21-7-4-8-22-42)62-59(64-60)43-23-9-5-10-24-43)53-32-17-16-30-50(53)61(51,46-25-11-6-12-26-46)52-31-19-29-49-48-28-15-18-33-55(48)66-57(49)52;1-53(44-27-13-11-25-42(44)43-26-12-14-28-45(43)53)54(40-23-9-4-10-24-40)46-29-15-17-31-48(46)58(49-32-18-16-30-47(49)54)41-35-33-39(34-36-41)52-56-50(37-19-5-2-6-20-37)55-51(57-52)38-21-7-3-8-22-38/h4-38H,1-3H3;2-36H,1H3. The fourth-order valence-electron chi connectivity index (χ4n) is 20.4. The topological polar surface area (TPSA) is 97.0 Å². The van der Waals surface area contributed by atoms with Gasteiger partial charge < -0.3 is 14.2 Å². The van der Waals surface area contributed by atoms with Gasteiger partial charge in [-0.3, -0.25) is 0 Å². The molecule has 23 rings (SSSR count). The van der Waals surface area contributed by atoms with E-state index in [1.54, 1.807) is 0 Å². The molecule has 2 aliphatic heterocycles. The summed E-state index contributed by atoms with van der Waals surface area (Å²) >= 11 is 0. The summed E-state index contributed by atoms with van der Waals surface area (Å²) in [6.07, 6.45) is 0. The van der Waals surface area contributed by atoms with Crippen molar-refractivity contribution >= 4 is 56.1 Å². The van der Waals surface area contributed by atoms with E-state index < -0.39 is 16.2 Å². The zero-order valence-electron chi connectivity index (χ0n) is 68.9. The van der Waals surface area contributed by atoms with Crippen molar-refractivity contribution in [3.63, 3.8) is 0 Å². The normalized spacial score (nSPS) is 14.3. The summed E-state index contributed by atoms with van der Waals surface area (Å²) in [5, 5.41) is 2.21. The number of hydrogen-bond acceptors (Lipinski definition) is 9. The molecule has 0 saturated carbocycles. The first-order valence-electron chi connectivity index (χ1n) is 42.4. The number of hydrogen-bond donors (Lipinski definition) is 0. The Labute approximate surface area is 721 Å². The number of rotatable bonds is 13. The van der Waals surface area contributed by atoms with Crippen LogP contribution in [0.4, 0.5) is 34.1 Å². The van der Waals surface area contributed by atoms with E-state index in [-0.39, 0.29) is 0 Å². The molecule has 124 heavy (non-hydrogen) atoms. The zero-order chi connectivity index (χ0) is 83.0. The Kier molecular flexibility index (Phi) is 18.3. The molecule has 0 fully saturated rings. The summed E-state index contributed by atoms with van der Waals surface area (Å²) in [6, 6.07) is 152.